The van der Waals surface area contributed by atoms with E-state index < -0.39 is 26.7 Å². The molecule has 1 aliphatic rings. The van der Waals surface area contributed by atoms with E-state index in [1.54, 1.807) is 42.6 Å². The largest absolute Gasteiger partial charge is 0.384 e. The Labute approximate surface area is 202 Å². The van der Waals surface area contributed by atoms with Gasteiger partial charge in [0.1, 0.15) is 5.82 Å². The summed E-state index contributed by atoms with van der Waals surface area (Å²) in [6, 6.07) is 14.0. The molecule has 4 aromatic rings. The van der Waals surface area contributed by atoms with E-state index in [0.717, 1.165) is 6.07 Å². The highest BCUT2D eigenvalue weighted by Gasteiger charge is 2.34. The zero-order valence-electron chi connectivity index (χ0n) is 19.1. The molecule has 1 fully saturated rings. The predicted octanol–water partition coefficient (Wildman–Crippen LogP) is 4.69. The topological polar surface area (TPSA) is 89.2 Å². The summed E-state index contributed by atoms with van der Waals surface area (Å²) in [6.07, 6.45) is 2.60. The van der Waals surface area contributed by atoms with Crippen molar-refractivity contribution >= 4 is 26.6 Å². The van der Waals surface area contributed by atoms with Crippen LogP contribution in [0.1, 0.15) is 12.8 Å². The van der Waals surface area contributed by atoms with Crippen LogP contribution in [0.25, 0.3) is 33.2 Å². The van der Waals surface area contributed by atoms with Gasteiger partial charge in [0.25, 0.3) is 0 Å². The van der Waals surface area contributed by atoms with Gasteiger partial charge in [0, 0.05) is 28.8 Å². The highest BCUT2D eigenvalue weighted by Crippen LogP contribution is 2.35. The lowest BCUT2D eigenvalue weighted by Crippen LogP contribution is -2.37. The Bertz CT molecular complexity index is 1520. The molecule has 0 aliphatic carbocycles. The third-order valence-corrected chi connectivity index (χ3v) is 8.72. The normalized spacial score (nSPS) is 15.5. The molecule has 180 valence electrons. The lowest BCUT2D eigenvalue weighted by Gasteiger charge is -2.29. The minimum atomic E-state index is -3.75. The van der Waals surface area contributed by atoms with E-state index in [2.05, 4.69) is 14.9 Å². The van der Waals surface area contributed by atoms with Crippen molar-refractivity contribution in [3.05, 3.63) is 72.4 Å². The zero-order chi connectivity index (χ0) is 24.7. The summed E-state index contributed by atoms with van der Waals surface area (Å²) < 4.78 is 55.5. The molecule has 0 unspecified atom stereocenters. The standard InChI is InChI=1S/C26H24F2N4O2S/c1-32-11-9-19(10-12-32)35(33,34)26-21(13-18-15-30-24(29)14-23(18)31-26)17-7-5-16(6-8-17)20-3-2-4-22(27)25(20)28/h2-8,13-15,19H,9-12H2,1H3,(H2,29,30). The monoisotopic (exact) mass is 494 g/mol. The summed E-state index contributed by atoms with van der Waals surface area (Å²) in [4.78, 5) is 10.8. The number of nitrogen functional groups attached to an aromatic ring is 1. The van der Waals surface area contributed by atoms with Gasteiger partial charge in [-0.25, -0.2) is 27.2 Å². The van der Waals surface area contributed by atoms with Crippen LogP contribution in [0, 0.1) is 11.6 Å². The van der Waals surface area contributed by atoms with Crippen LogP contribution in [0.2, 0.25) is 0 Å². The molecule has 2 aromatic heterocycles. The van der Waals surface area contributed by atoms with Gasteiger partial charge >= 0.3 is 0 Å². The quantitative estimate of drug-likeness (QED) is 0.443. The summed E-state index contributed by atoms with van der Waals surface area (Å²) in [7, 11) is -1.78. The number of anilines is 1. The molecule has 0 spiro atoms. The van der Waals surface area contributed by atoms with Gasteiger partial charge in [0.05, 0.1) is 10.8 Å². The first-order valence-electron chi connectivity index (χ1n) is 11.3. The molecule has 2 N–H and O–H groups in total. The van der Waals surface area contributed by atoms with E-state index >= 15 is 0 Å². The third-order valence-electron chi connectivity index (χ3n) is 6.52. The zero-order valence-corrected chi connectivity index (χ0v) is 19.9. The number of hydrogen-bond acceptors (Lipinski definition) is 6. The van der Waals surface area contributed by atoms with Crippen LogP contribution < -0.4 is 5.73 Å². The third kappa shape index (κ3) is 4.37. The van der Waals surface area contributed by atoms with Crippen LogP contribution in [0.3, 0.4) is 0 Å². The second-order valence-electron chi connectivity index (χ2n) is 8.87. The summed E-state index contributed by atoms with van der Waals surface area (Å²) in [5.74, 6) is -1.60. The molecule has 0 saturated carbocycles. The molecule has 0 radical (unpaired) electrons. The van der Waals surface area contributed by atoms with Crippen LogP contribution in [-0.2, 0) is 9.84 Å². The van der Waals surface area contributed by atoms with E-state index in [1.807, 2.05) is 7.05 Å². The molecular formula is C26H24F2N4O2S. The number of aromatic nitrogens is 2. The first-order chi connectivity index (χ1) is 16.7. The van der Waals surface area contributed by atoms with E-state index in [9.17, 15) is 17.2 Å². The second-order valence-corrected chi connectivity index (χ2v) is 11.0. The van der Waals surface area contributed by atoms with E-state index in [0.29, 0.717) is 53.5 Å². The van der Waals surface area contributed by atoms with E-state index in [-0.39, 0.29) is 16.4 Å². The fraction of sp³-hybridized carbons (Fsp3) is 0.231. The van der Waals surface area contributed by atoms with Crippen molar-refractivity contribution in [2.75, 3.05) is 25.9 Å². The maximum Gasteiger partial charge on any atom is 0.199 e. The average molecular weight is 495 g/mol. The molecule has 9 heteroatoms. The predicted molar refractivity (Wildman–Crippen MR) is 132 cm³/mol. The van der Waals surface area contributed by atoms with Crippen LogP contribution in [0.4, 0.5) is 14.6 Å². The fourth-order valence-electron chi connectivity index (χ4n) is 4.50. The van der Waals surface area contributed by atoms with Crippen LogP contribution >= 0.6 is 0 Å². The molecule has 1 aliphatic heterocycles. The first-order valence-corrected chi connectivity index (χ1v) is 12.8. The number of likely N-dealkylation sites (tertiary alicyclic amines) is 1. The van der Waals surface area contributed by atoms with Gasteiger partial charge in [-0.3, -0.25) is 0 Å². The van der Waals surface area contributed by atoms with Crippen molar-refractivity contribution in [2.24, 2.45) is 0 Å². The Kier molecular flexibility index (Phi) is 5.98. The molecule has 1 saturated heterocycles. The SMILES string of the molecule is CN1CCC(S(=O)(=O)c2nc3cc(N)ncc3cc2-c2ccc(-c3cccc(F)c3F)cc2)CC1. The number of halogens is 2. The molecule has 0 bridgehead atoms. The number of benzene rings is 2. The first kappa shape index (κ1) is 23.3. The lowest BCUT2D eigenvalue weighted by atomic mass is 10.00. The number of pyridine rings is 2. The smallest absolute Gasteiger partial charge is 0.199 e. The molecule has 35 heavy (non-hydrogen) atoms. The molecule has 3 heterocycles. The van der Waals surface area contributed by atoms with Gasteiger partial charge in [-0.2, -0.15) is 0 Å². The average Bonchev–Trinajstić information content (AvgIpc) is 2.85. The number of nitrogens with two attached hydrogens (primary N) is 1. The molecule has 6 nitrogen and oxygen atoms in total. The summed E-state index contributed by atoms with van der Waals surface area (Å²) >= 11 is 0. The Morgan fingerprint density at radius 1 is 0.971 bits per heavy atom. The van der Waals surface area contributed by atoms with Crippen LogP contribution in [-0.4, -0.2) is 48.7 Å². The van der Waals surface area contributed by atoms with Gasteiger partial charge in [-0.1, -0.05) is 36.4 Å². The van der Waals surface area contributed by atoms with Crippen molar-refractivity contribution < 1.29 is 17.2 Å². The Morgan fingerprint density at radius 3 is 2.31 bits per heavy atom. The van der Waals surface area contributed by atoms with Gasteiger partial charge in [0.2, 0.25) is 0 Å². The fourth-order valence-corrected chi connectivity index (χ4v) is 6.35. The number of piperidine rings is 1. The number of nitrogens with zero attached hydrogens (tertiary/aromatic N) is 3. The molecule has 0 atom stereocenters. The van der Waals surface area contributed by atoms with E-state index in [1.165, 1.54) is 12.1 Å². The van der Waals surface area contributed by atoms with Crippen molar-refractivity contribution in [3.8, 4) is 22.3 Å². The number of hydrogen-bond donors (Lipinski definition) is 1. The molecule has 5 rings (SSSR count). The molecule has 0 amide bonds. The van der Waals surface area contributed by atoms with Crippen molar-refractivity contribution in [2.45, 2.75) is 23.1 Å². The van der Waals surface area contributed by atoms with Gasteiger partial charge < -0.3 is 10.6 Å². The number of sulfone groups is 1. The van der Waals surface area contributed by atoms with Crippen LogP contribution in [0.5, 0.6) is 0 Å². The highest BCUT2D eigenvalue weighted by molar-refractivity contribution is 7.92. The maximum absolute atomic E-state index is 14.3. The maximum atomic E-state index is 14.3. The number of rotatable bonds is 4. The summed E-state index contributed by atoms with van der Waals surface area (Å²) in [6.45, 7) is 1.38. The summed E-state index contributed by atoms with van der Waals surface area (Å²) in [5, 5.41) is 0.105. The Balaban J connectivity index is 1.64. The van der Waals surface area contributed by atoms with Gasteiger partial charge in [0.15, 0.2) is 26.5 Å². The van der Waals surface area contributed by atoms with Gasteiger partial charge in [-0.15, -0.1) is 0 Å². The summed E-state index contributed by atoms with van der Waals surface area (Å²) in [5.41, 5.74) is 7.92. The van der Waals surface area contributed by atoms with Crippen molar-refractivity contribution in [3.63, 3.8) is 0 Å². The molecular weight excluding hydrogens is 470 g/mol. The molecule has 2 aromatic carbocycles. The van der Waals surface area contributed by atoms with Crippen molar-refractivity contribution in [1.29, 1.82) is 0 Å². The minimum absolute atomic E-state index is 0.00478. The lowest BCUT2D eigenvalue weighted by molar-refractivity contribution is 0.277. The number of fused-ring (bicyclic) bond motifs is 1. The Morgan fingerprint density at radius 2 is 1.63 bits per heavy atom. The second kappa shape index (κ2) is 8.98. The van der Waals surface area contributed by atoms with Crippen molar-refractivity contribution in [1.82, 2.24) is 14.9 Å². The Hall–Kier alpha value is -3.43. The minimum Gasteiger partial charge on any atom is -0.384 e. The van der Waals surface area contributed by atoms with Gasteiger partial charge in [-0.05, 0) is 56.2 Å². The van der Waals surface area contributed by atoms with Crippen LogP contribution in [0.15, 0.2) is 65.8 Å². The highest BCUT2D eigenvalue weighted by atomic mass is 32.2. The van der Waals surface area contributed by atoms with E-state index in [4.69, 9.17) is 5.73 Å².